The molecule has 0 fully saturated rings. The summed E-state index contributed by atoms with van der Waals surface area (Å²) in [5, 5.41) is 16.7. The molecule has 2 aromatic rings. The number of aromatic amines is 1. The first-order valence-corrected chi connectivity index (χ1v) is 9.31. The Balaban J connectivity index is 2.21. The highest BCUT2D eigenvalue weighted by atomic mass is 127. The van der Waals surface area contributed by atoms with Gasteiger partial charge >= 0.3 is 0 Å². The molecule has 136 valence electrons. The second-order valence-corrected chi connectivity index (χ2v) is 6.85. The SMILES string of the molecule is CCOc1cc([C@@H]2C(C#N)=C(N)Oc3n[nH]c(C)c32)cc(I)c1OCC. The number of nitrogens with one attached hydrogen (secondary N) is 1. The van der Waals surface area contributed by atoms with E-state index in [0.29, 0.717) is 36.2 Å². The van der Waals surface area contributed by atoms with Crippen LogP contribution in [-0.4, -0.2) is 23.4 Å². The highest BCUT2D eigenvalue weighted by Gasteiger charge is 2.35. The zero-order valence-corrected chi connectivity index (χ0v) is 16.9. The number of ether oxygens (including phenoxy) is 3. The van der Waals surface area contributed by atoms with Crippen LogP contribution < -0.4 is 19.9 Å². The molecule has 1 aromatic carbocycles. The van der Waals surface area contributed by atoms with Gasteiger partial charge in [0.15, 0.2) is 11.5 Å². The second-order valence-electron chi connectivity index (χ2n) is 5.69. The molecule has 1 aliphatic heterocycles. The first-order valence-electron chi connectivity index (χ1n) is 8.23. The zero-order valence-electron chi connectivity index (χ0n) is 14.7. The molecule has 0 amide bonds. The monoisotopic (exact) mass is 466 g/mol. The number of rotatable bonds is 5. The number of allylic oxidation sites excluding steroid dienone is 1. The van der Waals surface area contributed by atoms with E-state index < -0.39 is 0 Å². The van der Waals surface area contributed by atoms with Crippen LogP contribution in [-0.2, 0) is 0 Å². The van der Waals surface area contributed by atoms with Crippen molar-refractivity contribution in [2.45, 2.75) is 26.7 Å². The molecule has 0 bridgehead atoms. The quantitative estimate of drug-likeness (QED) is 0.655. The molecule has 7 nitrogen and oxygen atoms in total. The van der Waals surface area contributed by atoms with Gasteiger partial charge in [0.2, 0.25) is 11.8 Å². The van der Waals surface area contributed by atoms with Crippen LogP contribution in [0.3, 0.4) is 0 Å². The number of hydrogen-bond donors (Lipinski definition) is 2. The van der Waals surface area contributed by atoms with E-state index in [0.717, 1.165) is 20.4 Å². The molecule has 26 heavy (non-hydrogen) atoms. The summed E-state index contributed by atoms with van der Waals surface area (Å²) in [6.07, 6.45) is 0. The second kappa shape index (κ2) is 7.45. The predicted molar refractivity (Wildman–Crippen MR) is 104 cm³/mol. The van der Waals surface area contributed by atoms with Gasteiger partial charge in [0.1, 0.15) is 11.6 Å². The van der Waals surface area contributed by atoms with Crippen molar-refractivity contribution in [1.82, 2.24) is 10.2 Å². The predicted octanol–water partition coefficient (Wildman–Crippen LogP) is 3.34. The number of nitrogens with two attached hydrogens (primary N) is 1. The molecular formula is C18H19IN4O3. The van der Waals surface area contributed by atoms with Crippen molar-refractivity contribution in [3.05, 3.63) is 44.0 Å². The van der Waals surface area contributed by atoms with Crippen molar-refractivity contribution in [2.75, 3.05) is 13.2 Å². The van der Waals surface area contributed by atoms with Crippen molar-refractivity contribution in [3.63, 3.8) is 0 Å². The number of aromatic nitrogens is 2. The number of halogens is 1. The van der Waals surface area contributed by atoms with Crippen LogP contribution in [0.15, 0.2) is 23.6 Å². The van der Waals surface area contributed by atoms with Crippen LogP contribution in [0.4, 0.5) is 0 Å². The van der Waals surface area contributed by atoms with Gasteiger partial charge in [0, 0.05) is 11.3 Å². The molecule has 0 spiro atoms. The lowest BCUT2D eigenvalue weighted by Crippen LogP contribution is -2.21. The summed E-state index contributed by atoms with van der Waals surface area (Å²) in [6.45, 7) is 6.78. The van der Waals surface area contributed by atoms with Crippen LogP contribution in [0.1, 0.15) is 36.6 Å². The normalized spacial score (nSPS) is 15.9. The maximum atomic E-state index is 9.67. The third-order valence-electron chi connectivity index (χ3n) is 4.08. The number of hydrogen-bond acceptors (Lipinski definition) is 6. The van der Waals surface area contributed by atoms with Gasteiger partial charge in [-0.3, -0.25) is 5.10 Å². The third-order valence-corrected chi connectivity index (χ3v) is 4.88. The topological polar surface area (TPSA) is 106 Å². The fourth-order valence-corrected chi connectivity index (χ4v) is 3.82. The molecule has 0 saturated heterocycles. The zero-order chi connectivity index (χ0) is 18.8. The number of H-pyrrole nitrogens is 1. The molecule has 0 radical (unpaired) electrons. The van der Waals surface area contributed by atoms with Gasteiger partial charge in [-0.1, -0.05) is 0 Å². The van der Waals surface area contributed by atoms with Gasteiger partial charge < -0.3 is 19.9 Å². The average molecular weight is 466 g/mol. The van der Waals surface area contributed by atoms with E-state index in [1.165, 1.54) is 0 Å². The lowest BCUT2D eigenvalue weighted by atomic mass is 9.84. The molecule has 1 atom stereocenters. The minimum absolute atomic E-state index is 0.0679. The molecule has 0 aliphatic carbocycles. The molecule has 8 heteroatoms. The minimum atomic E-state index is -0.383. The summed E-state index contributed by atoms with van der Waals surface area (Å²) in [5.74, 6) is 1.42. The highest BCUT2D eigenvalue weighted by Crippen LogP contribution is 2.45. The van der Waals surface area contributed by atoms with Crippen molar-refractivity contribution in [1.29, 1.82) is 5.26 Å². The first kappa shape index (κ1) is 18.4. The molecule has 0 unspecified atom stereocenters. The summed E-state index contributed by atoms with van der Waals surface area (Å²) in [4.78, 5) is 0. The van der Waals surface area contributed by atoms with Crippen molar-refractivity contribution in [3.8, 4) is 23.4 Å². The van der Waals surface area contributed by atoms with E-state index >= 15 is 0 Å². The van der Waals surface area contributed by atoms with Crippen LogP contribution in [0.5, 0.6) is 17.4 Å². The van der Waals surface area contributed by atoms with Gasteiger partial charge in [0.05, 0.1) is 22.7 Å². The van der Waals surface area contributed by atoms with Crippen molar-refractivity contribution in [2.24, 2.45) is 5.73 Å². The number of nitriles is 1. The van der Waals surface area contributed by atoms with E-state index in [1.54, 1.807) is 0 Å². The molecule has 1 aromatic heterocycles. The fraction of sp³-hybridized carbons (Fsp3) is 0.333. The van der Waals surface area contributed by atoms with Crippen molar-refractivity contribution < 1.29 is 14.2 Å². The molecule has 1 aliphatic rings. The van der Waals surface area contributed by atoms with Crippen LogP contribution in [0.25, 0.3) is 0 Å². The van der Waals surface area contributed by atoms with Gasteiger partial charge in [-0.05, 0) is 61.1 Å². The first-order chi connectivity index (χ1) is 12.5. The minimum Gasteiger partial charge on any atom is -0.490 e. The lowest BCUT2D eigenvalue weighted by molar-refractivity contribution is 0.285. The molecule has 3 N–H and O–H groups in total. The van der Waals surface area contributed by atoms with Gasteiger partial charge in [0.25, 0.3) is 0 Å². The Morgan fingerprint density at radius 1 is 1.35 bits per heavy atom. The van der Waals surface area contributed by atoms with E-state index in [2.05, 4.69) is 38.9 Å². The summed E-state index contributed by atoms with van der Waals surface area (Å²) >= 11 is 2.21. The number of nitrogens with zero attached hydrogens (tertiary/aromatic N) is 2. The van der Waals surface area contributed by atoms with E-state index in [-0.39, 0.29) is 11.8 Å². The average Bonchev–Trinajstić information content (AvgIpc) is 2.97. The van der Waals surface area contributed by atoms with Crippen molar-refractivity contribution >= 4 is 22.6 Å². The third kappa shape index (κ3) is 3.07. The van der Waals surface area contributed by atoms with Gasteiger partial charge in [-0.25, -0.2) is 0 Å². The molecule has 2 heterocycles. The maximum absolute atomic E-state index is 9.67. The van der Waals surface area contributed by atoms with Crippen LogP contribution in [0, 0.1) is 21.8 Å². The Hall–Kier alpha value is -2.41. The number of fused-ring (bicyclic) bond motifs is 1. The smallest absolute Gasteiger partial charge is 0.244 e. The van der Waals surface area contributed by atoms with Crippen LogP contribution >= 0.6 is 22.6 Å². The maximum Gasteiger partial charge on any atom is 0.244 e. The van der Waals surface area contributed by atoms with Crippen LogP contribution in [0.2, 0.25) is 0 Å². The Labute approximate surface area is 165 Å². The van der Waals surface area contributed by atoms with E-state index in [1.807, 2.05) is 32.9 Å². The summed E-state index contributed by atoms with van der Waals surface area (Å²) < 4.78 is 17.9. The largest absolute Gasteiger partial charge is 0.490 e. The summed E-state index contributed by atoms with van der Waals surface area (Å²) in [6, 6.07) is 6.06. The van der Waals surface area contributed by atoms with Gasteiger partial charge in [-0.15, -0.1) is 5.10 Å². The Bertz CT molecular complexity index is 914. The number of aryl methyl sites for hydroxylation is 1. The van der Waals surface area contributed by atoms with E-state index in [4.69, 9.17) is 19.9 Å². The Morgan fingerprint density at radius 3 is 2.73 bits per heavy atom. The highest BCUT2D eigenvalue weighted by molar-refractivity contribution is 14.1. The Kier molecular flexibility index (Phi) is 5.27. The molecule has 3 rings (SSSR count). The summed E-state index contributed by atoms with van der Waals surface area (Å²) in [5.41, 5.74) is 8.83. The molecular weight excluding hydrogens is 447 g/mol. The Morgan fingerprint density at radius 2 is 2.08 bits per heavy atom. The molecule has 0 saturated carbocycles. The van der Waals surface area contributed by atoms with E-state index in [9.17, 15) is 5.26 Å². The summed E-state index contributed by atoms with van der Waals surface area (Å²) in [7, 11) is 0. The van der Waals surface area contributed by atoms with Gasteiger partial charge in [-0.2, -0.15) is 5.26 Å². The standard InChI is InChI=1S/C18H19IN4O3/c1-4-24-13-7-10(6-12(19)16(13)25-5-2)15-11(8-20)17(21)26-18-14(15)9(3)22-23-18/h6-7,15H,4-5,21H2,1-3H3,(H,22,23)/t15-/m1/s1. The fourth-order valence-electron chi connectivity index (χ4n) is 3.03. The number of benzene rings is 1. The lowest BCUT2D eigenvalue weighted by Gasteiger charge is -2.25.